The zero-order valence-electron chi connectivity index (χ0n) is 12.9. The van der Waals surface area contributed by atoms with Gasteiger partial charge >= 0.3 is 0 Å². The highest BCUT2D eigenvalue weighted by atomic mass is 16.7. The summed E-state index contributed by atoms with van der Waals surface area (Å²) in [6.07, 6.45) is 1.11. The van der Waals surface area contributed by atoms with Crippen LogP contribution < -0.4 is 0 Å². The van der Waals surface area contributed by atoms with Crippen LogP contribution in [0.25, 0.3) is 0 Å². The Labute approximate surface area is 127 Å². The SMILES string of the molecule is CC(C)C(Cc1ccccc1)OCOCc1ccccc1. The molecule has 0 saturated carbocycles. The largest absolute Gasteiger partial charge is 0.352 e. The molecule has 0 aliphatic heterocycles. The lowest BCUT2D eigenvalue weighted by molar-refractivity contribution is -0.108. The molecular weight excluding hydrogens is 260 g/mol. The highest BCUT2D eigenvalue weighted by molar-refractivity contribution is 5.15. The van der Waals surface area contributed by atoms with Crippen LogP contribution in [0.15, 0.2) is 60.7 Å². The summed E-state index contributed by atoms with van der Waals surface area (Å²) < 4.78 is 11.5. The second-order valence-electron chi connectivity index (χ2n) is 5.59. The summed E-state index contributed by atoms with van der Waals surface area (Å²) in [5.41, 5.74) is 2.48. The van der Waals surface area contributed by atoms with E-state index in [1.54, 1.807) is 0 Å². The van der Waals surface area contributed by atoms with Crippen LogP contribution in [0.3, 0.4) is 0 Å². The zero-order valence-corrected chi connectivity index (χ0v) is 12.9. The van der Waals surface area contributed by atoms with Gasteiger partial charge in [-0.2, -0.15) is 0 Å². The van der Waals surface area contributed by atoms with Crippen LogP contribution in [0.4, 0.5) is 0 Å². The molecule has 112 valence electrons. The lowest BCUT2D eigenvalue weighted by Crippen LogP contribution is -2.24. The van der Waals surface area contributed by atoms with E-state index in [1.165, 1.54) is 11.1 Å². The van der Waals surface area contributed by atoms with Crippen molar-refractivity contribution in [3.05, 3.63) is 71.8 Å². The van der Waals surface area contributed by atoms with Crippen molar-refractivity contribution < 1.29 is 9.47 Å². The average Bonchev–Trinajstić information content (AvgIpc) is 2.52. The summed E-state index contributed by atoms with van der Waals surface area (Å²) in [5, 5.41) is 0. The number of hydrogen-bond acceptors (Lipinski definition) is 2. The van der Waals surface area contributed by atoms with E-state index >= 15 is 0 Å². The first kappa shape index (κ1) is 15.7. The van der Waals surface area contributed by atoms with Gasteiger partial charge in [0.05, 0.1) is 12.7 Å². The Morgan fingerprint density at radius 3 is 1.95 bits per heavy atom. The minimum atomic E-state index is 0.183. The Morgan fingerprint density at radius 1 is 0.810 bits per heavy atom. The van der Waals surface area contributed by atoms with E-state index in [4.69, 9.17) is 9.47 Å². The van der Waals surface area contributed by atoms with Crippen molar-refractivity contribution in [2.45, 2.75) is 33.0 Å². The maximum atomic E-state index is 5.91. The standard InChI is InChI=1S/C19H24O2/c1-16(2)19(13-17-9-5-3-6-10-17)21-15-20-14-18-11-7-4-8-12-18/h3-12,16,19H,13-15H2,1-2H3. The lowest BCUT2D eigenvalue weighted by atomic mass is 9.99. The molecule has 0 fully saturated rings. The number of ether oxygens (including phenoxy) is 2. The summed E-state index contributed by atoms with van der Waals surface area (Å²) in [4.78, 5) is 0. The van der Waals surface area contributed by atoms with Gasteiger partial charge in [0.25, 0.3) is 0 Å². The molecule has 0 saturated heterocycles. The topological polar surface area (TPSA) is 18.5 Å². The van der Waals surface area contributed by atoms with Crippen LogP contribution in [0.5, 0.6) is 0 Å². The third-order valence-corrected chi connectivity index (χ3v) is 3.50. The molecule has 1 unspecified atom stereocenters. The Balaban J connectivity index is 1.75. The minimum Gasteiger partial charge on any atom is -0.352 e. The average molecular weight is 284 g/mol. The van der Waals surface area contributed by atoms with Gasteiger partial charge < -0.3 is 9.47 Å². The van der Waals surface area contributed by atoms with Gasteiger partial charge in [-0.05, 0) is 23.5 Å². The number of benzene rings is 2. The van der Waals surface area contributed by atoms with Gasteiger partial charge in [0, 0.05) is 0 Å². The number of rotatable bonds is 8. The van der Waals surface area contributed by atoms with E-state index in [0.717, 1.165) is 6.42 Å². The van der Waals surface area contributed by atoms with Crippen molar-refractivity contribution >= 4 is 0 Å². The first-order chi connectivity index (χ1) is 10.3. The van der Waals surface area contributed by atoms with Crippen LogP contribution in [0.2, 0.25) is 0 Å². The van der Waals surface area contributed by atoms with Gasteiger partial charge in [-0.1, -0.05) is 74.5 Å². The summed E-state index contributed by atoms with van der Waals surface area (Å²) >= 11 is 0. The summed E-state index contributed by atoms with van der Waals surface area (Å²) in [5.74, 6) is 0.463. The normalized spacial score (nSPS) is 12.5. The minimum absolute atomic E-state index is 0.183. The van der Waals surface area contributed by atoms with Gasteiger partial charge in [0.15, 0.2) is 0 Å². The Morgan fingerprint density at radius 2 is 1.38 bits per heavy atom. The van der Waals surface area contributed by atoms with Crippen molar-refractivity contribution in [3.8, 4) is 0 Å². The lowest BCUT2D eigenvalue weighted by Gasteiger charge is -2.21. The third kappa shape index (κ3) is 5.70. The molecule has 2 aromatic rings. The third-order valence-electron chi connectivity index (χ3n) is 3.50. The summed E-state index contributed by atoms with van der Waals surface area (Å²) in [7, 11) is 0. The van der Waals surface area contributed by atoms with Crippen LogP contribution in [0.1, 0.15) is 25.0 Å². The molecule has 0 aromatic heterocycles. The smallest absolute Gasteiger partial charge is 0.147 e. The predicted molar refractivity (Wildman–Crippen MR) is 86.0 cm³/mol. The summed E-state index contributed by atoms with van der Waals surface area (Å²) in [6, 6.07) is 20.6. The van der Waals surface area contributed by atoms with Gasteiger partial charge in [0.2, 0.25) is 0 Å². The summed E-state index contributed by atoms with van der Waals surface area (Å²) in [6.45, 7) is 5.30. The fourth-order valence-electron chi connectivity index (χ4n) is 2.20. The van der Waals surface area contributed by atoms with Gasteiger partial charge in [-0.25, -0.2) is 0 Å². The molecule has 0 aliphatic carbocycles. The maximum Gasteiger partial charge on any atom is 0.147 e. The van der Waals surface area contributed by atoms with Crippen LogP contribution in [-0.2, 0) is 22.5 Å². The van der Waals surface area contributed by atoms with E-state index in [1.807, 2.05) is 24.3 Å². The molecule has 2 heteroatoms. The van der Waals surface area contributed by atoms with Crippen molar-refractivity contribution in [2.75, 3.05) is 6.79 Å². The maximum absolute atomic E-state index is 5.91. The zero-order chi connectivity index (χ0) is 14.9. The van der Waals surface area contributed by atoms with Crippen molar-refractivity contribution in [3.63, 3.8) is 0 Å². The molecule has 0 radical (unpaired) electrons. The van der Waals surface area contributed by atoms with Crippen LogP contribution in [0, 0.1) is 5.92 Å². The van der Waals surface area contributed by atoms with Crippen molar-refractivity contribution in [2.24, 2.45) is 5.92 Å². The molecule has 0 heterocycles. The van der Waals surface area contributed by atoms with E-state index in [9.17, 15) is 0 Å². The molecule has 2 rings (SSSR count). The molecule has 2 aromatic carbocycles. The van der Waals surface area contributed by atoms with E-state index < -0.39 is 0 Å². The second-order valence-corrected chi connectivity index (χ2v) is 5.59. The molecule has 1 atom stereocenters. The predicted octanol–water partition coefficient (Wildman–Crippen LogP) is 4.44. The van der Waals surface area contributed by atoms with E-state index in [2.05, 4.69) is 50.2 Å². The molecule has 0 amide bonds. The Bertz CT molecular complexity index is 493. The van der Waals surface area contributed by atoms with Gasteiger partial charge in [-0.3, -0.25) is 0 Å². The molecule has 0 aliphatic rings. The highest BCUT2D eigenvalue weighted by Crippen LogP contribution is 2.14. The van der Waals surface area contributed by atoms with Crippen LogP contribution >= 0.6 is 0 Å². The van der Waals surface area contributed by atoms with Crippen molar-refractivity contribution in [1.82, 2.24) is 0 Å². The van der Waals surface area contributed by atoms with E-state index in [-0.39, 0.29) is 6.10 Å². The Hall–Kier alpha value is -1.64. The number of hydrogen-bond donors (Lipinski definition) is 0. The second kappa shape index (κ2) is 8.60. The van der Waals surface area contributed by atoms with Crippen LogP contribution in [-0.4, -0.2) is 12.9 Å². The Kier molecular flexibility index (Phi) is 6.45. The van der Waals surface area contributed by atoms with Gasteiger partial charge in [-0.15, -0.1) is 0 Å². The molecule has 0 bridgehead atoms. The first-order valence-corrected chi connectivity index (χ1v) is 7.53. The molecule has 0 spiro atoms. The molecule has 2 nitrogen and oxygen atoms in total. The van der Waals surface area contributed by atoms with E-state index in [0.29, 0.717) is 19.3 Å². The first-order valence-electron chi connectivity index (χ1n) is 7.53. The monoisotopic (exact) mass is 284 g/mol. The van der Waals surface area contributed by atoms with Crippen molar-refractivity contribution in [1.29, 1.82) is 0 Å². The molecule has 21 heavy (non-hydrogen) atoms. The fourth-order valence-corrected chi connectivity index (χ4v) is 2.20. The highest BCUT2D eigenvalue weighted by Gasteiger charge is 2.14. The fraction of sp³-hybridized carbons (Fsp3) is 0.368. The molecular formula is C19H24O2. The molecule has 0 N–H and O–H groups in total. The quantitative estimate of drug-likeness (QED) is 0.527. The van der Waals surface area contributed by atoms with Gasteiger partial charge in [0.1, 0.15) is 6.79 Å².